The van der Waals surface area contributed by atoms with Crippen LogP contribution in [0.3, 0.4) is 0 Å². The fraction of sp³-hybridized carbons (Fsp3) is 0.0704. The van der Waals surface area contributed by atoms with E-state index in [-0.39, 0.29) is 0 Å². The Balaban J connectivity index is 1.03. The first kappa shape index (κ1) is 50.3. The minimum Gasteiger partial charge on any atom is -0.307 e. The lowest BCUT2D eigenvalue weighted by Crippen LogP contribution is -2.00. The van der Waals surface area contributed by atoms with E-state index in [1.807, 2.05) is 34.9 Å². The van der Waals surface area contributed by atoms with Crippen molar-refractivity contribution in [2.75, 3.05) is 5.75 Å². The van der Waals surface area contributed by atoms with Gasteiger partial charge < -0.3 is 9.13 Å². The summed E-state index contributed by atoms with van der Waals surface area (Å²) in [6.07, 6.45) is 5.83. The van der Waals surface area contributed by atoms with E-state index in [4.69, 9.17) is 0 Å². The normalized spacial score (nSPS) is 14.8. The van der Waals surface area contributed by atoms with Gasteiger partial charge in [-0.15, -0.1) is 91.5 Å². The van der Waals surface area contributed by atoms with E-state index < -0.39 is 0 Å². The highest BCUT2D eigenvalue weighted by Crippen LogP contribution is 2.50. The standard InChI is InChI=1S/C71H42N2S8/c1-45-42-53(81-71(45)66-19-11-41-77-66)27-34-55-54(33-26-52-30-37-65(80-52)62-18-10-40-76-62)67-56-31-22-46(20-24-50-28-35-63(78-50)60-16-8-38-74-60)43-58(56)72(48-12-4-2-5-13-48)69(67)70-68(55)57-32-23-47(44-59(57)73(70)49-14-6-3-7-15-49)21-25-51-29-36-64(79-51)61-17-9-39-75-61/h2-7,9-19,22-23,28-32,35-37,39-45,71H,8,38H2,1H3. The second-order valence-electron chi connectivity index (χ2n) is 19.6. The van der Waals surface area contributed by atoms with Gasteiger partial charge in [-0.3, -0.25) is 0 Å². The van der Waals surface area contributed by atoms with E-state index in [1.54, 1.807) is 56.7 Å². The molecule has 0 N–H and O–H groups in total. The van der Waals surface area contributed by atoms with E-state index in [1.165, 1.54) is 34.2 Å². The average Bonchev–Trinajstić information content (AvgIpc) is 4.48. The predicted octanol–water partition coefficient (Wildman–Crippen LogP) is 20.6. The molecular formula is C71H42N2S8. The Labute approximate surface area is 502 Å². The van der Waals surface area contributed by atoms with E-state index in [0.29, 0.717) is 11.2 Å². The number of hydrogen-bond acceptors (Lipinski definition) is 8. The van der Waals surface area contributed by atoms with E-state index in [2.05, 4.69) is 262 Å². The van der Waals surface area contributed by atoms with Crippen LogP contribution in [-0.4, -0.2) is 14.9 Å². The van der Waals surface area contributed by atoms with Gasteiger partial charge in [0.05, 0.1) is 58.0 Å². The number of allylic oxidation sites excluding steroid dienone is 3. The number of aromatic nitrogens is 2. The van der Waals surface area contributed by atoms with Gasteiger partial charge >= 0.3 is 0 Å². The molecule has 0 saturated carbocycles. The third kappa shape index (κ3) is 9.57. The van der Waals surface area contributed by atoms with Crippen LogP contribution in [0.15, 0.2) is 203 Å². The van der Waals surface area contributed by atoms with Gasteiger partial charge in [-0.05, 0) is 132 Å². The first-order valence-corrected chi connectivity index (χ1v) is 33.4. The third-order valence-electron chi connectivity index (χ3n) is 14.5. The molecule has 13 aromatic rings. The van der Waals surface area contributed by atoms with Crippen LogP contribution in [-0.2, 0) is 0 Å². The number of rotatable bonds is 6. The summed E-state index contributed by atoms with van der Waals surface area (Å²) in [6.45, 7) is 2.32. The van der Waals surface area contributed by atoms with E-state index in [9.17, 15) is 0 Å². The summed E-state index contributed by atoms with van der Waals surface area (Å²) in [5, 5.41) is 11.0. The Morgan fingerprint density at radius 2 is 0.975 bits per heavy atom. The Bertz CT molecular complexity index is 4910. The van der Waals surface area contributed by atoms with Crippen LogP contribution >= 0.6 is 91.5 Å². The van der Waals surface area contributed by atoms with Gasteiger partial charge in [-0.25, -0.2) is 0 Å². The fourth-order valence-corrected chi connectivity index (χ4v) is 18.6. The zero-order chi connectivity index (χ0) is 53.8. The maximum absolute atomic E-state index is 3.95. The highest BCUT2D eigenvalue weighted by molar-refractivity contribution is 8.08. The highest BCUT2D eigenvalue weighted by Gasteiger charge is 2.29. The number of nitrogens with zero attached hydrogens (tertiary/aromatic N) is 2. The lowest BCUT2D eigenvalue weighted by Gasteiger charge is -2.14. The lowest BCUT2D eigenvalue weighted by molar-refractivity contribution is 0.728. The molecule has 0 radical (unpaired) electrons. The van der Waals surface area contributed by atoms with Gasteiger partial charge in [-0.2, -0.15) is 0 Å². The number of fused-ring (bicyclic) bond motifs is 7. The zero-order valence-corrected chi connectivity index (χ0v) is 49.8. The second kappa shape index (κ2) is 21.7. The largest absolute Gasteiger partial charge is 0.307 e. The minimum absolute atomic E-state index is 0.315. The van der Waals surface area contributed by atoms with Crippen LogP contribution in [0, 0.1) is 53.3 Å². The molecule has 5 aromatic carbocycles. The van der Waals surface area contributed by atoms with Crippen LogP contribution < -0.4 is 0 Å². The van der Waals surface area contributed by atoms with Crippen molar-refractivity contribution in [3.05, 3.63) is 250 Å². The van der Waals surface area contributed by atoms with Gasteiger partial charge in [0.1, 0.15) is 0 Å². The number of thioether (sulfide) groups is 2. The molecule has 8 aromatic heterocycles. The maximum atomic E-state index is 3.95. The molecule has 0 amide bonds. The Hall–Kier alpha value is -7.68. The lowest BCUT2D eigenvalue weighted by atomic mass is 9.95. The van der Waals surface area contributed by atoms with E-state index in [0.717, 1.165) is 109 Å². The van der Waals surface area contributed by atoms with Gasteiger partial charge in [0.25, 0.3) is 0 Å². The molecule has 10 heteroatoms. The van der Waals surface area contributed by atoms with Gasteiger partial charge in [-0.1, -0.05) is 133 Å². The van der Waals surface area contributed by atoms with Crippen LogP contribution in [0.25, 0.3) is 79.4 Å². The molecule has 15 rings (SSSR count). The van der Waals surface area contributed by atoms with Crippen molar-refractivity contribution in [3.63, 3.8) is 0 Å². The Morgan fingerprint density at radius 1 is 0.457 bits per heavy atom. The predicted molar refractivity (Wildman–Crippen MR) is 356 cm³/mol. The molecule has 81 heavy (non-hydrogen) atoms. The van der Waals surface area contributed by atoms with Crippen LogP contribution in [0.1, 0.15) is 65.2 Å². The zero-order valence-electron chi connectivity index (χ0n) is 43.3. The quantitative estimate of drug-likeness (QED) is 0.154. The van der Waals surface area contributed by atoms with Crippen LogP contribution in [0.2, 0.25) is 0 Å². The fourth-order valence-electron chi connectivity index (χ4n) is 10.9. The van der Waals surface area contributed by atoms with Crippen LogP contribution in [0.5, 0.6) is 0 Å². The topological polar surface area (TPSA) is 9.86 Å². The Kier molecular flexibility index (Phi) is 13.4. The monoisotopic (exact) mass is 1180 g/mol. The summed E-state index contributed by atoms with van der Waals surface area (Å²) in [7, 11) is 0. The number of benzene rings is 5. The summed E-state index contributed by atoms with van der Waals surface area (Å²) in [5.41, 5.74) is 9.96. The smallest absolute Gasteiger partial charge is 0.0802 e. The number of para-hydroxylation sites is 2. The van der Waals surface area contributed by atoms with Crippen molar-refractivity contribution in [2.45, 2.75) is 18.6 Å². The molecule has 0 saturated heterocycles. The average molecular weight is 1180 g/mol. The third-order valence-corrected chi connectivity index (χ3v) is 23.5. The summed E-state index contributed by atoms with van der Waals surface area (Å²) in [4.78, 5) is 13.2. The summed E-state index contributed by atoms with van der Waals surface area (Å²) < 4.78 is 4.91. The van der Waals surface area contributed by atoms with Crippen molar-refractivity contribution in [1.82, 2.24) is 9.13 Å². The number of hydrogen-bond donors (Lipinski definition) is 0. The maximum Gasteiger partial charge on any atom is 0.0802 e. The van der Waals surface area contributed by atoms with Gasteiger partial charge in [0.2, 0.25) is 0 Å². The molecule has 2 unspecified atom stereocenters. The van der Waals surface area contributed by atoms with Crippen molar-refractivity contribution in [1.29, 1.82) is 0 Å². The van der Waals surface area contributed by atoms with Crippen molar-refractivity contribution < 1.29 is 0 Å². The molecule has 384 valence electrons. The molecule has 0 spiro atoms. The molecule has 0 bridgehead atoms. The number of thiophene rings is 6. The van der Waals surface area contributed by atoms with Crippen LogP contribution in [0.4, 0.5) is 0 Å². The van der Waals surface area contributed by atoms with Gasteiger partial charge in [0, 0.05) is 84.0 Å². The summed E-state index contributed by atoms with van der Waals surface area (Å²) in [5.74, 6) is 31.3. The molecule has 2 atom stereocenters. The van der Waals surface area contributed by atoms with Crippen molar-refractivity contribution in [2.24, 2.45) is 5.92 Å². The molecule has 0 aliphatic carbocycles. The first-order chi connectivity index (χ1) is 40.0. The van der Waals surface area contributed by atoms with Crippen molar-refractivity contribution >= 4 is 140 Å². The van der Waals surface area contributed by atoms with Crippen molar-refractivity contribution in [3.8, 4) is 78.2 Å². The second-order valence-corrected chi connectivity index (χ2v) is 28.0. The minimum atomic E-state index is 0.315. The molecular weight excluding hydrogens is 1140 g/mol. The molecule has 0 fully saturated rings. The first-order valence-electron chi connectivity index (χ1n) is 26.5. The summed E-state index contributed by atoms with van der Waals surface area (Å²) >= 11 is 14.4. The molecule has 2 nitrogen and oxygen atoms in total. The molecule has 10 heterocycles. The summed E-state index contributed by atoms with van der Waals surface area (Å²) in [6, 6.07) is 61.1. The highest BCUT2D eigenvalue weighted by atomic mass is 32.2. The molecule has 2 aliphatic rings. The van der Waals surface area contributed by atoms with Gasteiger partial charge in [0.15, 0.2) is 0 Å². The molecule has 2 aliphatic heterocycles. The Morgan fingerprint density at radius 3 is 1.49 bits per heavy atom. The SMILES string of the molecule is CC1C=C(C#Cc2c(C#Cc3ccc(-c4cccs4)s3)c3c4ccc(C#Cc5ccc(C6=CCCS6)s5)cc4n(-c4ccccc4)c3c3c2c2ccc(C#Cc4ccc(-c5cccs5)s4)cc2n3-c2ccccc2)SC1c1cccs1. The van der Waals surface area contributed by atoms with E-state index >= 15 is 0 Å².